The minimum atomic E-state index is 0.0714. The Balaban J connectivity index is 2.18. The van der Waals surface area contributed by atoms with E-state index in [0.717, 1.165) is 11.3 Å². The molecular formula is C14H13Cl2NO. The molecule has 0 saturated heterocycles. The zero-order valence-electron chi connectivity index (χ0n) is 9.87. The number of benzene rings is 2. The van der Waals surface area contributed by atoms with E-state index in [9.17, 15) is 5.11 Å². The topological polar surface area (TPSA) is 32.3 Å². The van der Waals surface area contributed by atoms with Gasteiger partial charge in [-0.25, -0.2) is 0 Å². The van der Waals surface area contributed by atoms with Gasteiger partial charge >= 0.3 is 0 Å². The van der Waals surface area contributed by atoms with Crippen molar-refractivity contribution >= 4 is 28.9 Å². The van der Waals surface area contributed by atoms with E-state index in [4.69, 9.17) is 23.2 Å². The summed E-state index contributed by atoms with van der Waals surface area (Å²) in [5, 5.41) is 13.9. The van der Waals surface area contributed by atoms with Crippen LogP contribution in [-0.2, 0) is 6.54 Å². The van der Waals surface area contributed by atoms with Crippen LogP contribution in [0.5, 0.6) is 5.75 Å². The van der Waals surface area contributed by atoms with Crippen LogP contribution in [0.3, 0.4) is 0 Å². The van der Waals surface area contributed by atoms with Crippen LogP contribution in [-0.4, -0.2) is 5.11 Å². The number of aromatic hydroxyl groups is 1. The molecule has 0 bridgehead atoms. The highest BCUT2D eigenvalue weighted by Gasteiger charge is 2.08. The second kappa shape index (κ2) is 5.51. The van der Waals surface area contributed by atoms with E-state index in [2.05, 4.69) is 5.32 Å². The van der Waals surface area contributed by atoms with Crippen LogP contribution in [0, 0.1) is 6.92 Å². The molecule has 0 aromatic heterocycles. The average Bonchev–Trinajstić information content (AvgIpc) is 2.33. The van der Waals surface area contributed by atoms with Gasteiger partial charge in [0.25, 0.3) is 0 Å². The van der Waals surface area contributed by atoms with Crippen LogP contribution >= 0.6 is 23.2 Å². The van der Waals surface area contributed by atoms with Crippen molar-refractivity contribution in [2.45, 2.75) is 13.5 Å². The molecule has 0 aliphatic heterocycles. The van der Waals surface area contributed by atoms with Crippen molar-refractivity contribution in [3.05, 3.63) is 57.6 Å². The van der Waals surface area contributed by atoms with Crippen molar-refractivity contribution in [3.63, 3.8) is 0 Å². The summed E-state index contributed by atoms with van der Waals surface area (Å²) in [4.78, 5) is 0. The first-order valence-corrected chi connectivity index (χ1v) is 6.30. The monoisotopic (exact) mass is 281 g/mol. The summed E-state index contributed by atoms with van der Waals surface area (Å²) in [6.07, 6.45) is 0. The van der Waals surface area contributed by atoms with Gasteiger partial charge in [-0.1, -0.05) is 41.4 Å². The summed E-state index contributed by atoms with van der Waals surface area (Å²) in [5.74, 6) is 0.0714. The fourth-order valence-electron chi connectivity index (χ4n) is 1.72. The van der Waals surface area contributed by atoms with Crippen LogP contribution in [0.15, 0.2) is 36.4 Å². The summed E-state index contributed by atoms with van der Waals surface area (Å²) in [5.41, 5.74) is 2.84. The highest BCUT2D eigenvalue weighted by molar-refractivity contribution is 6.35. The summed E-state index contributed by atoms with van der Waals surface area (Å²) in [6, 6.07) is 11.2. The predicted octanol–water partition coefficient (Wildman–Crippen LogP) is 4.62. The summed E-state index contributed by atoms with van der Waals surface area (Å²) in [7, 11) is 0. The lowest BCUT2D eigenvalue weighted by Gasteiger charge is -2.11. The number of halogens is 2. The fourth-order valence-corrected chi connectivity index (χ4v) is 2.25. The summed E-state index contributed by atoms with van der Waals surface area (Å²) in [6.45, 7) is 2.49. The molecular weight excluding hydrogens is 269 g/mol. The molecule has 2 aromatic carbocycles. The Hall–Kier alpha value is -1.38. The number of phenolic OH excluding ortho intramolecular Hbond substituents is 1. The van der Waals surface area contributed by atoms with E-state index < -0.39 is 0 Å². The predicted molar refractivity (Wildman–Crippen MR) is 76.6 cm³/mol. The van der Waals surface area contributed by atoms with E-state index in [1.165, 1.54) is 6.07 Å². The summed E-state index contributed by atoms with van der Waals surface area (Å²) >= 11 is 11.8. The lowest BCUT2D eigenvalue weighted by molar-refractivity contribution is 0.469. The van der Waals surface area contributed by atoms with Gasteiger partial charge in [-0.15, -0.1) is 0 Å². The minimum Gasteiger partial charge on any atom is -0.506 e. The molecule has 0 unspecified atom stereocenters. The van der Waals surface area contributed by atoms with E-state index in [-0.39, 0.29) is 10.8 Å². The Kier molecular flexibility index (Phi) is 4.00. The third-order valence-electron chi connectivity index (χ3n) is 2.72. The van der Waals surface area contributed by atoms with Gasteiger partial charge in [0.2, 0.25) is 0 Å². The smallest absolute Gasteiger partial charge is 0.139 e. The first-order chi connectivity index (χ1) is 8.58. The molecule has 2 nitrogen and oxygen atoms in total. The molecule has 0 fully saturated rings. The maximum absolute atomic E-state index is 9.84. The number of para-hydroxylation sites is 1. The summed E-state index contributed by atoms with van der Waals surface area (Å²) < 4.78 is 0. The highest BCUT2D eigenvalue weighted by Crippen LogP contribution is 2.31. The molecule has 4 heteroatoms. The molecule has 0 atom stereocenters. The lowest BCUT2D eigenvalue weighted by Crippen LogP contribution is -2.01. The Morgan fingerprint density at radius 1 is 1.17 bits per heavy atom. The second-order valence-electron chi connectivity index (χ2n) is 4.06. The third kappa shape index (κ3) is 2.89. The Labute approximate surface area is 116 Å². The van der Waals surface area contributed by atoms with Gasteiger partial charge < -0.3 is 10.4 Å². The van der Waals surface area contributed by atoms with Crippen molar-refractivity contribution in [2.24, 2.45) is 0 Å². The molecule has 0 saturated carbocycles. The fraction of sp³-hybridized carbons (Fsp3) is 0.143. The van der Waals surface area contributed by atoms with Gasteiger partial charge in [0.05, 0.1) is 5.02 Å². The van der Waals surface area contributed by atoms with Gasteiger partial charge in [-0.2, -0.15) is 0 Å². The van der Waals surface area contributed by atoms with Crippen molar-refractivity contribution in [3.8, 4) is 5.75 Å². The van der Waals surface area contributed by atoms with Gasteiger partial charge in [0.15, 0.2) is 0 Å². The zero-order chi connectivity index (χ0) is 13.1. The number of aryl methyl sites for hydroxylation is 1. The van der Waals surface area contributed by atoms with Crippen molar-refractivity contribution in [2.75, 3.05) is 5.32 Å². The maximum atomic E-state index is 9.84. The van der Waals surface area contributed by atoms with E-state index in [1.807, 2.05) is 31.2 Å². The average molecular weight is 282 g/mol. The normalized spacial score (nSPS) is 10.4. The van der Waals surface area contributed by atoms with Crippen LogP contribution in [0.1, 0.15) is 11.1 Å². The molecule has 0 amide bonds. The number of nitrogens with one attached hydrogen (secondary N) is 1. The molecule has 2 aromatic rings. The van der Waals surface area contributed by atoms with Crippen molar-refractivity contribution < 1.29 is 5.11 Å². The van der Waals surface area contributed by atoms with E-state index in [0.29, 0.717) is 17.1 Å². The third-order valence-corrected chi connectivity index (χ3v) is 3.23. The zero-order valence-corrected chi connectivity index (χ0v) is 11.4. The van der Waals surface area contributed by atoms with Crippen LogP contribution in [0.25, 0.3) is 0 Å². The second-order valence-corrected chi connectivity index (χ2v) is 4.91. The van der Waals surface area contributed by atoms with E-state index >= 15 is 0 Å². The number of hydrogen-bond donors (Lipinski definition) is 2. The minimum absolute atomic E-state index is 0.0714. The van der Waals surface area contributed by atoms with Gasteiger partial charge in [0.1, 0.15) is 5.75 Å². The van der Waals surface area contributed by atoms with Crippen molar-refractivity contribution in [1.82, 2.24) is 0 Å². The quantitative estimate of drug-likeness (QED) is 0.861. The molecule has 0 heterocycles. The molecule has 2 N–H and O–H groups in total. The van der Waals surface area contributed by atoms with Crippen LogP contribution in [0.2, 0.25) is 10.0 Å². The number of rotatable bonds is 3. The van der Waals surface area contributed by atoms with E-state index in [1.54, 1.807) is 6.07 Å². The van der Waals surface area contributed by atoms with Crippen molar-refractivity contribution in [1.29, 1.82) is 0 Å². The standard InChI is InChI=1S/C14H13Cl2NO/c1-9-4-2-3-5-13(9)17-8-10-6-11(15)7-12(16)14(10)18/h2-7,17-18H,8H2,1H3. The Bertz CT molecular complexity index is 570. The molecule has 0 radical (unpaired) electrons. The largest absolute Gasteiger partial charge is 0.506 e. The maximum Gasteiger partial charge on any atom is 0.139 e. The SMILES string of the molecule is Cc1ccccc1NCc1cc(Cl)cc(Cl)c1O. The molecule has 0 aliphatic carbocycles. The van der Waals surface area contributed by atoms with Gasteiger partial charge in [-0.05, 0) is 30.7 Å². The Morgan fingerprint density at radius 2 is 1.89 bits per heavy atom. The lowest BCUT2D eigenvalue weighted by atomic mass is 10.1. The molecule has 0 spiro atoms. The van der Waals surface area contributed by atoms with Gasteiger partial charge in [0, 0.05) is 22.8 Å². The number of phenols is 1. The first-order valence-electron chi connectivity index (χ1n) is 5.54. The van der Waals surface area contributed by atoms with Crippen LogP contribution < -0.4 is 5.32 Å². The molecule has 18 heavy (non-hydrogen) atoms. The number of hydrogen-bond acceptors (Lipinski definition) is 2. The van der Waals surface area contributed by atoms with Crippen LogP contribution in [0.4, 0.5) is 5.69 Å². The molecule has 0 aliphatic rings. The number of anilines is 1. The molecule has 2 rings (SSSR count). The van der Waals surface area contributed by atoms with Gasteiger partial charge in [-0.3, -0.25) is 0 Å². The Morgan fingerprint density at radius 3 is 2.61 bits per heavy atom. The first kappa shape index (κ1) is 13.1. The highest BCUT2D eigenvalue weighted by atomic mass is 35.5. The molecule has 94 valence electrons.